The van der Waals surface area contributed by atoms with Gasteiger partial charge in [-0.3, -0.25) is 0 Å². The summed E-state index contributed by atoms with van der Waals surface area (Å²) in [6.07, 6.45) is 2.46. The maximum absolute atomic E-state index is 3.62. The summed E-state index contributed by atoms with van der Waals surface area (Å²) in [6, 6.07) is 2.31. The van der Waals surface area contributed by atoms with Crippen LogP contribution >= 0.6 is 11.3 Å². The van der Waals surface area contributed by atoms with Gasteiger partial charge in [0.2, 0.25) is 0 Å². The molecule has 2 heteroatoms. The van der Waals surface area contributed by atoms with Crippen LogP contribution in [-0.2, 0) is 6.42 Å². The predicted molar refractivity (Wildman–Crippen MR) is 83.7 cm³/mol. The second kappa shape index (κ2) is 5.75. The van der Waals surface area contributed by atoms with E-state index in [1.807, 2.05) is 11.3 Å². The first kappa shape index (κ1) is 15.7. The lowest BCUT2D eigenvalue weighted by molar-refractivity contribution is 0.274. The molecule has 0 atom stereocenters. The van der Waals surface area contributed by atoms with E-state index < -0.39 is 0 Å². The molecule has 0 saturated carbocycles. The van der Waals surface area contributed by atoms with E-state index in [4.69, 9.17) is 0 Å². The fourth-order valence-corrected chi connectivity index (χ4v) is 3.03. The highest BCUT2D eigenvalue weighted by Crippen LogP contribution is 2.28. The Morgan fingerprint density at radius 1 is 1.11 bits per heavy atom. The largest absolute Gasteiger partial charge is 0.312 e. The molecule has 1 aromatic rings. The summed E-state index contributed by atoms with van der Waals surface area (Å²) in [5.41, 5.74) is 2.04. The van der Waals surface area contributed by atoms with Crippen LogP contribution in [0, 0.1) is 19.3 Å². The number of rotatable bonds is 5. The first-order chi connectivity index (χ1) is 8.09. The van der Waals surface area contributed by atoms with Crippen molar-refractivity contribution >= 4 is 11.3 Å². The summed E-state index contributed by atoms with van der Waals surface area (Å²) < 4.78 is 0. The monoisotopic (exact) mass is 267 g/mol. The molecule has 1 N–H and O–H groups in total. The van der Waals surface area contributed by atoms with Crippen LogP contribution in [0.15, 0.2) is 6.07 Å². The summed E-state index contributed by atoms with van der Waals surface area (Å²) in [6.45, 7) is 16.9. The standard InChI is InChI=1S/C16H29NS/c1-12-10-13(2)18-14(12)8-9-16(6,7)11-17-15(3,4)5/h10,17H,8-9,11H2,1-7H3. The molecular weight excluding hydrogens is 238 g/mol. The van der Waals surface area contributed by atoms with E-state index in [0.717, 1.165) is 6.54 Å². The SMILES string of the molecule is Cc1cc(C)c(CCC(C)(C)CNC(C)(C)C)s1. The Morgan fingerprint density at radius 3 is 2.17 bits per heavy atom. The second-order valence-electron chi connectivity index (χ2n) is 7.23. The summed E-state index contributed by atoms with van der Waals surface area (Å²) >= 11 is 1.96. The Balaban J connectivity index is 2.48. The molecule has 0 aliphatic heterocycles. The smallest absolute Gasteiger partial charge is 0.00967 e. The zero-order valence-corrected chi connectivity index (χ0v) is 13.9. The van der Waals surface area contributed by atoms with Gasteiger partial charge in [-0.2, -0.15) is 0 Å². The number of thiophene rings is 1. The Bertz CT molecular complexity index is 382. The Kier molecular flexibility index (Phi) is 5.02. The van der Waals surface area contributed by atoms with Crippen LogP contribution in [0.5, 0.6) is 0 Å². The molecule has 0 radical (unpaired) electrons. The van der Waals surface area contributed by atoms with Gasteiger partial charge in [0.1, 0.15) is 0 Å². The number of nitrogens with one attached hydrogen (secondary N) is 1. The number of aryl methyl sites for hydroxylation is 3. The van der Waals surface area contributed by atoms with Gasteiger partial charge in [0.15, 0.2) is 0 Å². The fraction of sp³-hybridized carbons (Fsp3) is 0.750. The van der Waals surface area contributed by atoms with Gasteiger partial charge < -0.3 is 5.32 Å². The third-order valence-corrected chi connectivity index (χ3v) is 4.48. The van der Waals surface area contributed by atoms with E-state index in [9.17, 15) is 0 Å². The molecule has 0 spiro atoms. The summed E-state index contributed by atoms with van der Waals surface area (Å²) in [5, 5.41) is 3.62. The van der Waals surface area contributed by atoms with Gasteiger partial charge >= 0.3 is 0 Å². The summed E-state index contributed by atoms with van der Waals surface area (Å²) in [4.78, 5) is 3.00. The molecule has 0 saturated heterocycles. The van der Waals surface area contributed by atoms with Crippen molar-refractivity contribution in [1.29, 1.82) is 0 Å². The first-order valence-corrected chi connectivity index (χ1v) is 7.72. The van der Waals surface area contributed by atoms with E-state index in [2.05, 4.69) is 59.8 Å². The summed E-state index contributed by atoms with van der Waals surface area (Å²) in [7, 11) is 0. The number of hydrogen-bond acceptors (Lipinski definition) is 2. The highest BCUT2D eigenvalue weighted by atomic mass is 32.1. The van der Waals surface area contributed by atoms with E-state index in [1.165, 1.54) is 23.3 Å². The van der Waals surface area contributed by atoms with Crippen molar-refractivity contribution in [3.63, 3.8) is 0 Å². The quantitative estimate of drug-likeness (QED) is 0.814. The van der Waals surface area contributed by atoms with Crippen molar-refractivity contribution in [3.05, 3.63) is 21.4 Å². The molecule has 1 nitrogen and oxygen atoms in total. The van der Waals surface area contributed by atoms with Crippen LogP contribution < -0.4 is 5.32 Å². The highest BCUT2D eigenvalue weighted by molar-refractivity contribution is 7.12. The molecule has 0 aromatic carbocycles. The lowest BCUT2D eigenvalue weighted by atomic mass is 9.86. The van der Waals surface area contributed by atoms with Crippen LogP contribution in [0.4, 0.5) is 0 Å². The Hall–Kier alpha value is -0.340. The van der Waals surface area contributed by atoms with E-state index in [1.54, 1.807) is 4.88 Å². The Morgan fingerprint density at radius 2 is 1.72 bits per heavy atom. The number of hydrogen-bond donors (Lipinski definition) is 1. The van der Waals surface area contributed by atoms with E-state index in [-0.39, 0.29) is 5.54 Å². The van der Waals surface area contributed by atoms with Gasteiger partial charge in [-0.05, 0) is 64.5 Å². The molecule has 1 aromatic heterocycles. The average Bonchev–Trinajstić information content (AvgIpc) is 2.51. The van der Waals surface area contributed by atoms with Crippen molar-refractivity contribution < 1.29 is 0 Å². The van der Waals surface area contributed by atoms with Gasteiger partial charge in [-0.25, -0.2) is 0 Å². The van der Waals surface area contributed by atoms with Gasteiger partial charge in [0.25, 0.3) is 0 Å². The third-order valence-electron chi connectivity index (χ3n) is 3.27. The normalized spacial score (nSPS) is 13.1. The molecule has 1 heterocycles. The molecular formula is C16H29NS. The van der Waals surface area contributed by atoms with Crippen molar-refractivity contribution in [2.75, 3.05) is 6.54 Å². The molecule has 1 rings (SSSR count). The second-order valence-corrected chi connectivity index (χ2v) is 8.57. The maximum atomic E-state index is 3.62. The molecule has 104 valence electrons. The van der Waals surface area contributed by atoms with Gasteiger partial charge in [0.05, 0.1) is 0 Å². The van der Waals surface area contributed by atoms with Crippen LogP contribution in [0.1, 0.15) is 56.4 Å². The zero-order valence-electron chi connectivity index (χ0n) is 13.1. The lowest BCUT2D eigenvalue weighted by Gasteiger charge is -2.30. The van der Waals surface area contributed by atoms with Gasteiger partial charge in [0, 0.05) is 21.8 Å². The molecule has 0 amide bonds. The maximum Gasteiger partial charge on any atom is 0.00967 e. The molecule has 0 aliphatic carbocycles. The summed E-state index contributed by atoms with van der Waals surface area (Å²) in [5.74, 6) is 0. The van der Waals surface area contributed by atoms with Crippen molar-refractivity contribution in [3.8, 4) is 0 Å². The minimum Gasteiger partial charge on any atom is -0.312 e. The molecule has 0 unspecified atom stereocenters. The fourth-order valence-electron chi connectivity index (χ4n) is 1.98. The molecule has 18 heavy (non-hydrogen) atoms. The van der Waals surface area contributed by atoms with Crippen LogP contribution in [0.25, 0.3) is 0 Å². The topological polar surface area (TPSA) is 12.0 Å². The predicted octanol–water partition coefficient (Wildman–Crippen LogP) is 4.71. The molecule has 0 bridgehead atoms. The van der Waals surface area contributed by atoms with Crippen LogP contribution in [-0.4, -0.2) is 12.1 Å². The van der Waals surface area contributed by atoms with Gasteiger partial charge in [-0.15, -0.1) is 11.3 Å². The van der Waals surface area contributed by atoms with Gasteiger partial charge in [-0.1, -0.05) is 13.8 Å². The van der Waals surface area contributed by atoms with E-state index in [0.29, 0.717) is 5.41 Å². The zero-order chi connectivity index (χ0) is 14.0. The molecule has 0 fully saturated rings. The molecule has 0 aliphatic rings. The minimum absolute atomic E-state index is 0.215. The van der Waals surface area contributed by atoms with Crippen LogP contribution in [0.3, 0.4) is 0 Å². The van der Waals surface area contributed by atoms with Crippen LogP contribution in [0.2, 0.25) is 0 Å². The first-order valence-electron chi connectivity index (χ1n) is 6.90. The van der Waals surface area contributed by atoms with Crippen molar-refractivity contribution in [2.45, 2.75) is 66.8 Å². The lowest BCUT2D eigenvalue weighted by Crippen LogP contribution is -2.42. The van der Waals surface area contributed by atoms with Crippen molar-refractivity contribution in [1.82, 2.24) is 5.32 Å². The Labute approximate surface area is 117 Å². The third kappa shape index (κ3) is 5.53. The average molecular weight is 267 g/mol. The minimum atomic E-state index is 0.215. The highest BCUT2D eigenvalue weighted by Gasteiger charge is 2.21. The van der Waals surface area contributed by atoms with E-state index >= 15 is 0 Å². The van der Waals surface area contributed by atoms with Crippen molar-refractivity contribution in [2.24, 2.45) is 5.41 Å².